The maximum absolute atomic E-state index is 13.4. The monoisotopic (exact) mass is 576 g/mol. The fourth-order valence-electron chi connectivity index (χ4n) is 4.78. The number of allylic oxidation sites excluding steroid dienone is 1. The number of benzene rings is 3. The Morgan fingerprint density at radius 2 is 1.42 bits per heavy atom. The second-order valence-electron chi connectivity index (χ2n) is 10.9. The van der Waals surface area contributed by atoms with E-state index in [0.717, 1.165) is 16.7 Å². The van der Waals surface area contributed by atoms with Crippen molar-refractivity contribution in [2.75, 3.05) is 17.2 Å². The van der Waals surface area contributed by atoms with Crippen LogP contribution in [0.3, 0.4) is 0 Å². The number of carbonyl (C=O) groups excluding carboxylic acids is 2. The highest BCUT2D eigenvalue weighted by atomic mass is 16.6. The Labute approximate surface area is 252 Å². The minimum atomic E-state index is -0.848. The largest absolute Gasteiger partial charge is 0.444 e. The molecule has 220 valence electrons. The molecule has 0 spiro atoms. The molecule has 0 aliphatic carbocycles. The van der Waals surface area contributed by atoms with E-state index in [4.69, 9.17) is 4.74 Å². The second kappa shape index (κ2) is 13.5. The minimum absolute atomic E-state index is 0.118. The van der Waals surface area contributed by atoms with Crippen molar-refractivity contribution in [3.8, 4) is 6.07 Å². The number of aromatic nitrogens is 2. The van der Waals surface area contributed by atoms with E-state index in [1.54, 1.807) is 38.7 Å². The number of nitrogens with one attached hydrogen (secondary N) is 3. The zero-order chi connectivity index (χ0) is 30.9. The number of nitriles is 1. The van der Waals surface area contributed by atoms with Crippen LogP contribution in [0.5, 0.6) is 0 Å². The van der Waals surface area contributed by atoms with Gasteiger partial charge in [-0.25, -0.2) is 4.79 Å². The lowest BCUT2D eigenvalue weighted by Crippen LogP contribution is -2.39. The van der Waals surface area contributed by atoms with E-state index in [2.05, 4.69) is 57.4 Å². The lowest BCUT2D eigenvalue weighted by Gasteiger charge is -2.38. The van der Waals surface area contributed by atoms with Crippen molar-refractivity contribution in [3.05, 3.63) is 126 Å². The summed E-state index contributed by atoms with van der Waals surface area (Å²) in [6.45, 7) is 5.42. The number of carbonyl (C=O) groups is 2. The van der Waals surface area contributed by atoms with Crippen LogP contribution in [0.15, 0.2) is 109 Å². The van der Waals surface area contributed by atoms with Gasteiger partial charge in [0.25, 0.3) is 5.91 Å². The first kappa shape index (κ1) is 30.6. The van der Waals surface area contributed by atoms with Crippen molar-refractivity contribution in [3.63, 3.8) is 0 Å². The summed E-state index contributed by atoms with van der Waals surface area (Å²) >= 11 is 0. The second-order valence-corrected chi connectivity index (χ2v) is 10.9. The molecule has 0 aliphatic rings. The molecule has 0 saturated heterocycles. The van der Waals surface area contributed by atoms with Crippen LogP contribution in [-0.4, -0.2) is 33.9 Å². The molecule has 3 aromatic carbocycles. The maximum Gasteiger partial charge on any atom is 0.407 e. The molecule has 0 atom stereocenters. The lowest BCUT2D eigenvalue weighted by atomic mass is 9.77. The van der Waals surface area contributed by atoms with E-state index in [-0.39, 0.29) is 18.5 Å². The van der Waals surface area contributed by atoms with Gasteiger partial charge >= 0.3 is 6.09 Å². The maximum atomic E-state index is 13.4. The normalized spacial score (nSPS) is 11.7. The van der Waals surface area contributed by atoms with Crippen LogP contribution in [0.4, 0.5) is 16.3 Å². The Balaban J connectivity index is 1.67. The van der Waals surface area contributed by atoms with E-state index in [1.165, 1.54) is 6.08 Å². The van der Waals surface area contributed by atoms with Crippen LogP contribution >= 0.6 is 0 Å². The summed E-state index contributed by atoms with van der Waals surface area (Å²) in [5.41, 5.74) is 2.11. The molecule has 0 saturated carbocycles. The Bertz CT molecular complexity index is 1500. The van der Waals surface area contributed by atoms with Gasteiger partial charge in [-0.3, -0.25) is 9.48 Å². The van der Waals surface area contributed by atoms with Gasteiger partial charge in [-0.05, 0) is 43.9 Å². The Hall–Kier alpha value is -5.36. The van der Waals surface area contributed by atoms with Crippen molar-refractivity contribution >= 4 is 23.5 Å². The molecule has 0 bridgehead atoms. The fraction of sp³-hybridized carbons (Fsp3) is 0.235. The average Bonchev–Trinajstić information content (AvgIpc) is 3.33. The van der Waals surface area contributed by atoms with Crippen LogP contribution in [-0.2, 0) is 22.1 Å². The van der Waals surface area contributed by atoms with Crippen LogP contribution in [0.1, 0.15) is 43.9 Å². The van der Waals surface area contributed by atoms with Gasteiger partial charge < -0.3 is 20.7 Å². The fourth-order valence-corrected chi connectivity index (χ4v) is 4.78. The first-order valence-electron chi connectivity index (χ1n) is 14.0. The van der Waals surface area contributed by atoms with Crippen molar-refractivity contribution in [1.82, 2.24) is 15.1 Å². The number of alkyl carbamates (subject to hydrolysis) is 1. The van der Waals surface area contributed by atoms with Gasteiger partial charge in [0.1, 0.15) is 22.6 Å². The van der Waals surface area contributed by atoms with Gasteiger partial charge in [0.15, 0.2) is 0 Å². The number of ether oxygens (including phenoxy) is 1. The zero-order valence-corrected chi connectivity index (χ0v) is 24.8. The number of amides is 2. The first-order chi connectivity index (χ1) is 20.6. The molecule has 0 aliphatic heterocycles. The predicted octanol–water partition coefficient (Wildman–Crippen LogP) is 6.13. The van der Waals surface area contributed by atoms with E-state index >= 15 is 0 Å². The Morgan fingerprint density at radius 1 is 0.907 bits per heavy atom. The number of aryl methyl sites for hydroxylation is 1. The van der Waals surface area contributed by atoms with Gasteiger partial charge in [0, 0.05) is 25.2 Å². The molecule has 9 nitrogen and oxygen atoms in total. The van der Waals surface area contributed by atoms with Crippen LogP contribution in [0, 0.1) is 11.3 Å². The predicted molar refractivity (Wildman–Crippen MR) is 167 cm³/mol. The zero-order valence-electron chi connectivity index (χ0n) is 24.8. The van der Waals surface area contributed by atoms with Crippen LogP contribution in [0.25, 0.3) is 0 Å². The molecule has 2 amide bonds. The Kier molecular flexibility index (Phi) is 9.63. The van der Waals surface area contributed by atoms with Crippen molar-refractivity contribution in [1.29, 1.82) is 5.26 Å². The molecule has 3 N–H and O–H groups in total. The van der Waals surface area contributed by atoms with Crippen LogP contribution in [0.2, 0.25) is 0 Å². The van der Waals surface area contributed by atoms with Crippen molar-refractivity contribution < 1.29 is 14.3 Å². The third-order valence-electron chi connectivity index (χ3n) is 6.71. The van der Waals surface area contributed by atoms with E-state index in [1.807, 2.05) is 60.7 Å². The molecule has 0 fully saturated rings. The molecule has 43 heavy (non-hydrogen) atoms. The summed E-state index contributed by atoms with van der Waals surface area (Å²) in [4.78, 5) is 25.5. The van der Waals surface area contributed by atoms with Gasteiger partial charge in [0.2, 0.25) is 0 Å². The summed E-state index contributed by atoms with van der Waals surface area (Å²) in [6, 6.07) is 32.2. The van der Waals surface area contributed by atoms with Gasteiger partial charge in [0.05, 0.1) is 12.3 Å². The third kappa shape index (κ3) is 7.49. The van der Waals surface area contributed by atoms with E-state index in [0.29, 0.717) is 11.5 Å². The Morgan fingerprint density at radius 3 is 1.88 bits per heavy atom. The topological polar surface area (TPSA) is 121 Å². The summed E-state index contributed by atoms with van der Waals surface area (Å²) < 4.78 is 6.92. The SMILES string of the molecule is Cn1ncc(NC(=O)/C(=C/C#N)CCNC(=O)OC(C)(C)C)c1NC(c1ccccc1)(c1ccccc1)c1ccccc1. The molecule has 9 heteroatoms. The van der Waals surface area contributed by atoms with E-state index in [9.17, 15) is 14.9 Å². The highest BCUT2D eigenvalue weighted by Crippen LogP contribution is 2.41. The van der Waals surface area contributed by atoms with Crippen LogP contribution < -0.4 is 16.0 Å². The minimum Gasteiger partial charge on any atom is -0.444 e. The molecule has 1 heterocycles. The number of nitrogens with zero attached hydrogens (tertiary/aromatic N) is 3. The molecule has 1 aromatic heterocycles. The molecular formula is C34H36N6O3. The van der Waals surface area contributed by atoms with Crippen molar-refractivity contribution in [2.45, 2.75) is 38.3 Å². The lowest BCUT2D eigenvalue weighted by molar-refractivity contribution is -0.113. The quantitative estimate of drug-likeness (QED) is 0.119. The number of hydrogen-bond acceptors (Lipinski definition) is 6. The molecule has 4 aromatic rings. The number of hydrogen-bond donors (Lipinski definition) is 3. The van der Waals surface area contributed by atoms with Gasteiger partial charge in [-0.1, -0.05) is 91.0 Å². The van der Waals surface area contributed by atoms with Gasteiger partial charge in [-0.2, -0.15) is 10.4 Å². The molecule has 0 unspecified atom stereocenters. The summed E-state index contributed by atoms with van der Waals surface area (Å²) in [6.07, 6.45) is 2.28. The highest BCUT2D eigenvalue weighted by Gasteiger charge is 2.38. The summed E-state index contributed by atoms with van der Waals surface area (Å²) in [7, 11) is 1.79. The number of anilines is 2. The average molecular weight is 577 g/mol. The van der Waals surface area contributed by atoms with Gasteiger partial charge in [-0.15, -0.1) is 0 Å². The van der Waals surface area contributed by atoms with Crippen molar-refractivity contribution in [2.24, 2.45) is 7.05 Å². The number of rotatable bonds is 10. The standard InChI is InChI=1S/C34H36N6O3/c1-33(2,3)43-32(42)36-23-21-25(20-22-35)31(41)38-29-24-37-40(4)30(29)39-34(26-14-8-5-9-15-26,27-16-10-6-11-17-27)28-18-12-7-13-19-28/h5-20,24,39H,21,23H2,1-4H3,(H,36,42)(H,38,41)/b25-20+. The van der Waals surface area contributed by atoms with E-state index < -0.39 is 23.1 Å². The highest BCUT2D eigenvalue weighted by molar-refractivity contribution is 6.05. The summed E-state index contributed by atoms with van der Waals surface area (Å²) in [5, 5.41) is 23.1. The smallest absolute Gasteiger partial charge is 0.407 e. The molecule has 4 rings (SSSR count). The summed E-state index contributed by atoms with van der Waals surface area (Å²) in [5.74, 6) is 0.0846. The third-order valence-corrected chi connectivity index (χ3v) is 6.71. The molecular weight excluding hydrogens is 540 g/mol. The molecule has 0 radical (unpaired) electrons. The first-order valence-corrected chi connectivity index (χ1v) is 14.0.